The molecule has 0 N–H and O–H groups in total. The van der Waals surface area contributed by atoms with E-state index in [9.17, 15) is 8.78 Å². The Kier molecular flexibility index (Phi) is 5.11. The van der Waals surface area contributed by atoms with E-state index < -0.39 is 11.6 Å². The van der Waals surface area contributed by atoms with E-state index in [-0.39, 0.29) is 26.3 Å². The Morgan fingerprint density at radius 1 is 1.11 bits per heavy atom. The van der Waals surface area contributed by atoms with E-state index >= 15 is 0 Å². The predicted molar refractivity (Wildman–Crippen MR) is 64.3 cm³/mol. The van der Waals surface area contributed by atoms with Gasteiger partial charge in [-0.2, -0.15) is 12.1 Å². The van der Waals surface area contributed by atoms with Crippen LogP contribution in [0.3, 0.4) is 0 Å². The second-order valence-corrected chi connectivity index (χ2v) is 5.37. The van der Waals surface area contributed by atoms with Gasteiger partial charge in [-0.3, -0.25) is 4.39 Å². The van der Waals surface area contributed by atoms with Crippen molar-refractivity contribution >= 4 is 0 Å². The van der Waals surface area contributed by atoms with Crippen molar-refractivity contribution in [1.82, 2.24) is 0 Å². The summed E-state index contributed by atoms with van der Waals surface area (Å²) < 4.78 is 32.4. The summed E-state index contributed by atoms with van der Waals surface area (Å²) in [6.07, 6.45) is 5.59. The minimum absolute atomic E-state index is 0. The van der Waals surface area contributed by atoms with Crippen LogP contribution in [0.1, 0.15) is 43.6 Å². The molecule has 2 fully saturated rings. The van der Waals surface area contributed by atoms with Gasteiger partial charge in [-0.05, 0) is 43.9 Å². The maximum absolute atomic E-state index is 13.7. The average Bonchev–Trinajstić information content (AvgIpc) is 2.32. The molecule has 1 unspecified atom stereocenters. The van der Waals surface area contributed by atoms with Crippen molar-refractivity contribution in [2.75, 3.05) is 6.61 Å². The molecule has 1 atom stereocenters. The van der Waals surface area contributed by atoms with Crippen LogP contribution in [0.5, 0.6) is 0 Å². The molecule has 1 nitrogen and oxygen atoms in total. The number of rotatable bonds is 2. The molecule has 3 rings (SSSR count). The van der Waals surface area contributed by atoms with Crippen molar-refractivity contribution in [3.8, 4) is 0 Å². The molecule has 0 aromatic heterocycles. The molecule has 0 spiro atoms. The SMILES string of the molecule is Fc1[c-]ccc(C2CCC(C3CCO3)CC2)c1F.[Re]. The minimum Gasteiger partial charge on any atom is -0.378 e. The van der Waals surface area contributed by atoms with E-state index in [1.54, 1.807) is 6.07 Å². The molecular weight excluding hydrogens is 420 g/mol. The fraction of sp³-hybridized carbons (Fsp3) is 0.600. The van der Waals surface area contributed by atoms with Gasteiger partial charge in [-0.1, -0.05) is 0 Å². The van der Waals surface area contributed by atoms with E-state index in [1.165, 1.54) is 12.5 Å². The number of hydrogen-bond donors (Lipinski definition) is 0. The summed E-state index contributed by atoms with van der Waals surface area (Å²) >= 11 is 0. The maximum Gasteiger partial charge on any atom is 0.0625 e. The van der Waals surface area contributed by atoms with Gasteiger partial charge in [0.25, 0.3) is 0 Å². The number of benzene rings is 1. The van der Waals surface area contributed by atoms with E-state index in [0.717, 1.165) is 32.3 Å². The van der Waals surface area contributed by atoms with Gasteiger partial charge in [0, 0.05) is 38.7 Å². The van der Waals surface area contributed by atoms with Crippen molar-refractivity contribution in [2.24, 2.45) is 5.92 Å². The van der Waals surface area contributed by atoms with Crippen LogP contribution >= 0.6 is 0 Å². The summed E-state index contributed by atoms with van der Waals surface area (Å²) in [4.78, 5) is 0. The van der Waals surface area contributed by atoms with Crippen molar-refractivity contribution in [1.29, 1.82) is 0 Å². The molecule has 0 bridgehead atoms. The van der Waals surface area contributed by atoms with Crippen molar-refractivity contribution in [2.45, 2.75) is 44.1 Å². The Balaban J connectivity index is 0.00000133. The van der Waals surface area contributed by atoms with Gasteiger partial charge in [0.05, 0.1) is 6.10 Å². The fourth-order valence-corrected chi connectivity index (χ4v) is 3.21. The zero-order valence-electron chi connectivity index (χ0n) is 10.7. The summed E-state index contributed by atoms with van der Waals surface area (Å²) in [7, 11) is 0. The standard InChI is InChI=1S/C15H17F2O.Re/c16-13-3-1-2-12(15(13)17)10-4-6-11(7-5-10)14-8-9-18-14;/h1-2,10-11,14H,4-9H2;/q-1;. The predicted octanol–water partition coefficient (Wildman–Crippen LogP) is 3.83. The van der Waals surface area contributed by atoms with E-state index in [1.807, 2.05) is 0 Å². The van der Waals surface area contributed by atoms with Crippen molar-refractivity contribution in [3.05, 3.63) is 35.4 Å². The Hall–Kier alpha value is -0.298. The second-order valence-electron chi connectivity index (χ2n) is 5.37. The normalized spacial score (nSPS) is 30.3. The zero-order chi connectivity index (χ0) is 12.5. The first-order chi connectivity index (χ1) is 8.75. The summed E-state index contributed by atoms with van der Waals surface area (Å²) in [5.74, 6) is -0.776. The molecule has 2 aliphatic rings. The van der Waals surface area contributed by atoms with Gasteiger partial charge in [0.1, 0.15) is 0 Å². The first-order valence-corrected chi connectivity index (χ1v) is 6.73. The molecule has 1 aromatic carbocycles. The first-order valence-electron chi connectivity index (χ1n) is 6.73. The number of hydrogen-bond acceptors (Lipinski definition) is 1. The van der Waals surface area contributed by atoms with Crippen LogP contribution in [-0.2, 0) is 25.2 Å². The molecule has 4 heteroatoms. The molecule has 105 valence electrons. The molecule has 1 radical (unpaired) electrons. The fourth-order valence-electron chi connectivity index (χ4n) is 3.21. The molecular formula is C15H17F2ORe-. The molecule has 0 amide bonds. The molecule has 19 heavy (non-hydrogen) atoms. The van der Waals surface area contributed by atoms with Crippen LogP contribution in [0.2, 0.25) is 0 Å². The largest absolute Gasteiger partial charge is 0.378 e. The van der Waals surface area contributed by atoms with Crippen LogP contribution in [-0.4, -0.2) is 12.7 Å². The Morgan fingerprint density at radius 3 is 2.37 bits per heavy atom. The topological polar surface area (TPSA) is 9.23 Å². The van der Waals surface area contributed by atoms with Gasteiger partial charge >= 0.3 is 0 Å². The molecule has 1 aliphatic heterocycles. The van der Waals surface area contributed by atoms with E-state index in [0.29, 0.717) is 17.6 Å². The monoisotopic (exact) mass is 438 g/mol. The van der Waals surface area contributed by atoms with Crippen molar-refractivity contribution < 1.29 is 33.9 Å². The first kappa shape index (κ1) is 15.1. The van der Waals surface area contributed by atoms with Gasteiger partial charge < -0.3 is 4.74 Å². The van der Waals surface area contributed by atoms with Gasteiger partial charge in [0.2, 0.25) is 0 Å². The molecule has 1 aliphatic carbocycles. The van der Waals surface area contributed by atoms with Crippen LogP contribution in [0.15, 0.2) is 12.1 Å². The Morgan fingerprint density at radius 2 is 1.79 bits per heavy atom. The van der Waals surface area contributed by atoms with Crippen LogP contribution in [0.4, 0.5) is 8.78 Å². The van der Waals surface area contributed by atoms with E-state index in [2.05, 4.69) is 6.07 Å². The quantitative estimate of drug-likeness (QED) is 0.640. The van der Waals surface area contributed by atoms with Crippen LogP contribution < -0.4 is 0 Å². The third kappa shape index (κ3) is 3.07. The summed E-state index contributed by atoms with van der Waals surface area (Å²) in [5.41, 5.74) is 0.527. The molecule has 1 saturated heterocycles. The Labute approximate surface area is 126 Å². The molecule has 1 saturated carbocycles. The third-order valence-electron chi connectivity index (χ3n) is 4.39. The third-order valence-corrected chi connectivity index (χ3v) is 4.39. The van der Waals surface area contributed by atoms with Crippen LogP contribution in [0, 0.1) is 23.6 Å². The van der Waals surface area contributed by atoms with Gasteiger partial charge in [-0.15, -0.1) is 11.6 Å². The molecule has 1 aromatic rings. The number of halogens is 2. The second kappa shape index (κ2) is 6.44. The Bertz CT molecular complexity index is 426. The van der Waals surface area contributed by atoms with Crippen LogP contribution in [0.25, 0.3) is 0 Å². The summed E-state index contributed by atoms with van der Waals surface area (Å²) in [6, 6.07) is 5.41. The summed E-state index contributed by atoms with van der Waals surface area (Å²) in [6.45, 7) is 0.888. The number of ether oxygens (including phenoxy) is 1. The van der Waals surface area contributed by atoms with Gasteiger partial charge in [0.15, 0.2) is 0 Å². The maximum atomic E-state index is 13.7. The van der Waals surface area contributed by atoms with Gasteiger partial charge in [-0.25, -0.2) is 4.39 Å². The zero-order valence-corrected chi connectivity index (χ0v) is 13.4. The minimum atomic E-state index is -0.850. The molecule has 1 heterocycles. The van der Waals surface area contributed by atoms with Crippen molar-refractivity contribution in [3.63, 3.8) is 0 Å². The smallest absolute Gasteiger partial charge is 0.0625 e. The van der Waals surface area contributed by atoms with E-state index in [4.69, 9.17) is 4.74 Å². The average molecular weight is 438 g/mol. The summed E-state index contributed by atoms with van der Waals surface area (Å²) in [5, 5.41) is 0.